The van der Waals surface area contributed by atoms with Gasteiger partial charge in [-0.05, 0) is 42.0 Å². The monoisotopic (exact) mass is 342 g/mol. The Balaban J connectivity index is 2.23. The second-order valence-electron chi connectivity index (χ2n) is 4.64. The van der Waals surface area contributed by atoms with Crippen LogP contribution in [0.15, 0.2) is 36.4 Å². The zero-order valence-electron chi connectivity index (χ0n) is 11.2. The first kappa shape index (κ1) is 16.0. The summed E-state index contributed by atoms with van der Waals surface area (Å²) in [5.74, 6) is -0.235. The van der Waals surface area contributed by atoms with Gasteiger partial charge < -0.3 is 10.6 Å². The number of hydrogen-bond donors (Lipinski definition) is 1. The van der Waals surface area contributed by atoms with E-state index in [1.165, 1.54) is 4.90 Å². The molecule has 110 valence electrons. The summed E-state index contributed by atoms with van der Waals surface area (Å²) in [6.07, 6.45) is 0. The molecule has 1 amide bonds. The highest BCUT2D eigenvalue weighted by atomic mass is 35.5. The Labute approximate surface area is 138 Å². The van der Waals surface area contributed by atoms with Crippen LogP contribution in [-0.2, 0) is 6.54 Å². The Morgan fingerprint density at radius 2 is 1.76 bits per heavy atom. The van der Waals surface area contributed by atoms with Gasteiger partial charge in [0.15, 0.2) is 0 Å². The molecule has 3 nitrogen and oxygen atoms in total. The van der Waals surface area contributed by atoms with Gasteiger partial charge in [-0.3, -0.25) is 4.79 Å². The van der Waals surface area contributed by atoms with E-state index in [0.29, 0.717) is 32.9 Å². The van der Waals surface area contributed by atoms with E-state index in [4.69, 9.17) is 40.5 Å². The van der Waals surface area contributed by atoms with Gasteiger partial charge in [-0.25, -0.2) is 0 Å². The number of rotatable bonds is 3. The zero-order chi connectivity index (χ0) is 15.6. The molecule has 0 radical (unpaired) electrons. The first-order valence-corrected chi connectivity index (χ1v) is 7.26. The number of anilines is 1. The third-order valence-corrected chi connectivity index (χ3v) is 3.92. The predicted octanol–water partition coefficient (Wildman–Crippen LogP) is 4.50. The van der Waals surface area contributed by atoms with Crippen LogP contribution in [0.5, 0.6) is 0 Å². The topological polar surface area (TPSA) is 46.3 Å². The Hall–Kier alpha value is -1.42. The van der Waals surface area contributed by atoms with Crippen molar-refractivity contribution in [2.75, 3.05) is 12.8 Å². The number of nitrogen functional groups attached to an aromatic ring is 1. The van der Waals surface area contributed by atoms with E-state index in [9.17, 15) is 4.79 Å². The van der Waals surface area contributed by atoms with E-state index in [0.717, 1.165) is 5.56 Å². The van der Waals surface area contributed by atoms with E-state index in [1.807, 2.05) is 0 Å². The predicted molar refractivity (Wildman–Crippen MR) is 88.1 cm³/mol. The molecular formula is C15H13Cl3N2O. The Morgan fingerprint density at radius 3 is 2.48 bits per heavy atom. The maximum atomic E-state index is 12.4. The molecule has 6 heteroatoms. The molecule has 2 N–H and O–H groups in total. The van der Waals surface area contributed by atoms with Gasteiger partial charge in [0.05, 0.1) is 10.6 Å². The fourth-order valence-electron chi connectivity index (χ4n) is 1.91. The van der Waals surface area contributed by atoms with Crippen LogP contribution in [0.4, 0.5) is 5.69 Å². The fraction of sp³-hybridized carbons (Fsp3) is 0.133. The highest BCUT2D eigenvalue weighted by Crippen LogP contribution is 2.24. The van der Waals surface area contributed by atoms with Crippen LogP contribution in [0, 0.1) is 0 Å². The maximum absolute atomic E-state index is 12.4. The largest absolute Gasteiger partial charge is 0.399 e. The summed E-state index contributed by atoms with van der Waals surface area (Å²) in [5, 5.41) is 1.37. The van der Waals surface area contributed by atoms with Crippen molar-refractivity contribution in [2.45, 2.75) is 6.54 Å². The highest BCUT2D eigenvalue weighted by molar-refractivity contribution is 6.35. The summed E-state index contributed by atoms with van der Waals surface area (Å²) in [7, 11) is 1.67. The van der Waals surface area contributed by atoms with Gasteiger partial charge in [0, 0.05) is 29.3 Å². The van der Waals surface area contributed by atoms with Crippen LogP contribution in [0.3, 0.4) is 0 Å². The lowest BCUT2D eigenvalue weighted by molar-refractivity contribution is 0.0785. The van der Waals surface area contributed by atoms with Gasteiger partial charge >= 0.3 is 0 Å². The molecular weight excluding hydrogens is 331 g/mol. The molecule has 2 aromatic carbocycles. The Morgan fingerprint density at radius 1 is 1.10 bits per heavy atom. The lowest BCUT2D eigenvalue weighted by atomic mass is 10.1. The third-order valence-electron chi connectivity index (χ3n) is 2.98. The average molecular weight is 344 g/mol. The lowest BCUT2D eigenvalue weighted by Gasteiger charge is -2.19. The van der Waals surface area contributed by atoms with Crippen LogP contribution in [0.25, 0.3) is 0 Å². The van der Waals surface area contributed by atoms with Gasteiger partial charge in [0.1, 0.15) is 0 Å². The Bertz CT molecular complexity index is 689. The van der Waals surface area contributed by atoms with Crippen molar-refractivity contribution in [2.24, 2.45) is 0 Å². The maximum Gasteiger partial charge on any atom is 0.255 e. The molecule has 0 aliphatic carbocycles. The second kappa shape index (κ2) is 6.56. The molecule has 0 saturated carbocycles. The van der Waals surface area contributed by atoms with Crippen molar-refractivity contribution in [3.05, 3.63) is 62.6 Å². The molecule has 0 aromatic heterocycles. The second-order valence-corrected chi connectivity index (χ2v) is 5.89. The molecule has 0 unspecified atom stereocenters. The van der Waals surface area contributed by atoms with Crippen molar-refractivity contribution >= 4 is 46.4 Å². The van der Waals surface area contributed by atoms with E-state index in [-0.39, 0.29) is 5.91 Å². The van der Waals surface area contributed by atoms with Crippen LogP contribution < -0.4 is 5.73 Å². The average Bonchev–Trinajstić information content (AvgIpc) is 2.44. The smallest absolute Gasteiger partial charge is 0.255 e. The summed E-state index contributed by atoms with van der Waals surface area (Å²) in [4.78, 5) is 13.9. The van der Waals surface area contributed by atoms with Gasteiger partial charge in [-0.2, -0.15) is 0 Å². The SMILES string of the molecule is CN(Cc1cc(N)ccc1Cl)C(=O)c1cc(Cl)ccc1Cl. The molecule has 0 heterocycles. The molecule has 0 atom stereocenters. The van der Waals surface area contributed by atoms with Crippen LogP contribution in [0.1, 0.15) is 15.9 Å². The van der Waals surface area contributed by atoms with Crippen LogP contribution >= 0.6 is 34.8 Å². The van der Waals surface area contributed by atoms with E-state index < -0.39 is 0 Å². The number of benzene rings is 2. The first-order valence-electron chi connectivity index (χ1n) is 6.13. The van der Waals surface area contributed by atoms with Crippen LogP contribution in [0.2, 0.25) is 15.1 Å². The summed E-state index contributed by atoms with van der Waals surface area (Å²) < 4.78 is 0. The number of hydrogen-bond acceptors (Lipinski definition) is 2. The highest BCUT2D eigenvalue weighted by Gasteiger charge is 2.17. The van der Waals surface area contributed by atoms with Crippen molar-refractivity contribution in [1.82, 2.24) is 4.90 Å². The normalized spacial score (nSPS) is 10.5. The fourth-order valence-corrected chi connectivity index (χ4v) is 2.46. The minimum Gasteiger partial charge on any atom is -0.399 e. The van der Waals surface area contributed by atoms with Crippen molar-refractivity contribution in [3.8, 4) is 0 Å². The van der Waals surface area contributed by atoms with Gasteiger partial charge in [0.25, 0.3) is 5.91 Å². The third kappa shape index (κ3) is 3.82. The first-order chi connectivity index (χ1) is 9.88. The number of carbonyl (C=O) groups is 1. The minimum atomic E-state index is -0.235. The van der Waals surface area contributed by atoms with Crippen LogP contribution in [-0.4, -0.2) is 17.9 Å². The van der Waals surface area contributed by atoms with Crippen molar-refractivity contribution in [1.29, 1.82) is 0 Å². The number of carbonyl (C=O) groups excluding carboxylic acids is 1. The van der Waals surface area contributed by atoms with Crippen molar-refractivity contribution in [3.63, 3.8) is 0 Å². The van der Waals surface area contributed by atoms with E-state index >= 15 is 0 Å². The lowest BCUT2D eigenvalue weighted by Crippen LogP contribution is -2.26. The number of nitrogens with two attached hydrogens (primary N) is 1. The minimum absolute atomic E-state index is 0.235. The van der Waals surface area contributed by atoms with Gasteiger partial charge in [0.2, 0.25) is 0 Å². The number of nitrogens with zero attached hydrogens (tertiary/aromatic N) is 1. The van der Waals surface area contributed by atoms with Crippen molar-refractivity contribution < 1.29 is 4.79 Å². The molecule has 0 fully saturated rings. The number of amides is 1. The van der Waals surface area contributed by atoms with E-state index in [1.54, 1.807) is 43.4 Å². The summed E-state index contributed by atoms with van der Waals surface area (Å²) in [5.41, 5.74) is 7.45. The standard InChI is InChI=1S/C15H13Cl3N2O/c1-20(8-9-6-11(19)3-5-13(9)17)15(21)12-7-10(16)2-4-14(12)18/h2-7H,8,19H2,1H3. The summed E-state index contributed by atoms with van der Waals surface area (Å²) >= 11 is 18.1. The molecule has 0 bridgehead atoms. The molecule has 2 rings (SSSR count). The summed E-state index contributed by atoms with van der Waals surface area (Å²) in [6, 6.07) is 9.93. The Kier molecular flexibility index (Phi) is 4.99. The number of halogens is 3. The van der Waals surface area contributed by atoms with E-state index in [2.05, 4.69) is 0 Å². The molecule has 0 spiro atoms. The molecule has 2 aromatic rings. The summed E-state index contributed by atoms with van der Waals surface area (Å²) in [6.45, 7) is 0.325. The van der Waals surface area contributed by atoms with Gasteiger partial charge in [-0.1, -0.05) is 34.8 Å². The van der Waals surface area contributed by atoms with Gasteiger partial charge in [-0.15, -0.1) is 0 Å². The molecule has 0 saturated heterocycles. The zero-order valence-corrected chi connectivity index (χ0v) is 13.5. The quantitative estimate of drug-likeness (QED) is 0.834. The molecule has 21 heavy (non-hydrogen) atoms. The molecule has 0 aliphatic rings. The molecule has 0 aliphatic heterocycles.